The van der Waals surface area contributed by atoms with Crippen LogP contribution >= 0.6 is 24.0 Å². The average molecular weight is 477 g/mol. The third-order valence-electron chi connectivity index (χ3n) is 4.16. The van der Waals surface area contributed by atoms with E-state index in [1.165, 1.54) is 6.42 Å². The van der Waals surface area contributed by atoms with Gasteiger partial charge in [0, 0.05) is 24.8 Å². The Morgan fingerprint density at radius 1 is 1.27 bits per heavy atom. The number of ether oxygens (including phenoxy) is 1. The standard InChI is InChI=1S/C19H35N5O.HI/c1-6-20-19(22-15-17-11-12-18(25-5)21-14-17)23-16(4)10-9-13-24(7-2)8-3;/h11-12,14,16H,6-10,13,15H2,1-5H3,(H2,20,22,23);1H. The predicted octanol–water partition coefficient (Wildman–Crippen LogP) is 3.27. The summed E-state index contributed by atoms with van der Waals surface area (Å²) in [6.45, 7) is 13.6. The summed E-state index contributed by atoms with van der Waals surface area (Å²) in [4.78, 5) is 11.3. The number of hydrogen-bond acceptors (Lipinski definition) is 4. The lowest BCUT2D eigenvalue weighted by Crippen LogP contribution is -2.42. The zero-order valence-corrected chi connectivity index (χ0v) is 19.2. The van der Waals surface area contributed by atoms with Crippen LogP contribution in [0, 0.1) is 0 Å². The Bertz CT molecular complexity index is 491. The van der Waals surface area contributed by atoms with E-state index in [4.69, 9.17) is 4.74 Å². The van der Waals surface area contributed by atoms with E-state index in [1.807, 2.05) is 12.1 Å². The molecule has 0 spiro atoms. The van der Waals surface area contributed by atoms with Crippen molar-refractivity contribution in [2.45, 2.75) is 53.1 Å². The highest BCUT2D eigenvalue weighted by Crippen LogP contribution is 2.07. The molecule has 0 aromatic carbocycles. The minimum Gasteiger partial charge on any atom is -0.481 e. The van der Waals surface area contributed by atoms with Crippen molar-refractivity contribution in [1.29, 1.82) is 0 Å². The number of hydrogen-bond donors (Lipinski definition) is 2. The highest BCUT2D eigenvalue weighted by atomic mass is 127. The molecular weight excluding hydrogens is 441 g/mol. The molecule has 6 nitrogen and oxygen atoms in total. The van der Waals surface area contributed by atoms with Crippen molar-refractivity contribution in [2.75, 3.05) is 33.3 Å². The van der Waals surface area contributed by atoms with Gasteiger partial charge in [-0.1, -0.05) is 19.9 Å². The first-order chi connectivity index (χ1) is 12.1. The van der Waals surface area contributed by atoms with E-state index >= 15 is 0 Å². The van der Waals surface area contributed by atoms with Gasteiger partial charge < -0.3 is 20.3 Å². The van der Waals surface area contributed by atoms with Crippen molar-refractivity contribution < 1.29 is 4.74 Å². The van der Waals surface area contributed by atoms with Crippen LogP contribution in [0.4, 0.5) is 0 Å². The summed E-state index contributed by atoms with van der Waals surface area (Å²) < 4.78 is 5.08. The number of pyridine rings is 1. The second-order valence-corrected chi connectivity index (χ2v) is 6.12. The van der Waals surface area contributed by atoms with Crippen molar-refractivity contribution in [3.63, 3.8) is 0 Å². The van der Waals surface area contributed by atoms with Crippen LogP contribution in [0.1, 0.15) is 46.1 Å². The first-order valence-corrected chi connectivity index (χ1v) is 9.38. The van der Waals surface area contributed by atoms with Crippen LogP contribution in [-0.4, -0.2) is 55.2 Å². The number of halogens is 1. The second-order valence-electron chi connectivity index (χ2n) is 6.12. The Labute approximate surface area is 176 Å². The van der Waals surface area contributed by atoms with Gasteiger partial charge in [0.05, 0.1) is 13.7 Å². The minimum atomic E-state index is 0. The molecule has 0 aliphatic heterocycles. The lowest BCUT2D eigenvalue weighted by Gasteiger charge is -2.21. The molecule has 0 saturated heterocycles. The highest BCUT2D eigenvalue weighted by Gasteiger charge is 2.06. The topological polar surface area (TPSA) is 61.8 Å². The van der Waals surface area contributed by atoms with Crippen LogP contribution in [0.3, 0.4) is 0 Å². The van der Waals surface area contributed by atoms with Crippen molar-refractivity contribution in [1.82, 2.24) is 20.5 Å². The predicted molar refractivity (Wildman–Crippen MR) is 121 cm³/mol. The number of aliphatic imine (C=N–C) groups is 1. The SMILES string of the molecule is CCNC(=NCc1ccc(OC)nc1)NC(C)CCCN(CC)CC.I. The molecule has 150 valence electrons. The van der Waals surface area contributed by atoms with Crippen LogP contribution < -0.4 is 15.4 Å². The normalized spacial score (nSPS) is 12.5. The van der Waals surface area contributed by atoms with E-state index in [-0.39, 0.29) is 24.0 Å². The average Bonchev–Trinajstić information content (AvgIpc) is 2.64. The molecule has 1 unspecified atom stereocenters. The maximum atomic E-state index is 5.08. The summed E-state index contributed by atoms with van der Waals surface area (Å²) in [5, 5.41) is 6.81. The van der Waals surface area contributed by atoms with Gasteiger partial charge in [-0.15, -0.1) is 24.0 Å². The molecule has 1 aromatic rings. The van der Waals surface area contributed by atoms with Crippen molar-refractivity contribution >= 4 is 29.9 Å². The quantitative estimate of drug-likeness (QED) is 0.291. The molecule has 0 amide bonds. The zero-order valence-electron chi connectivity index (χ0n) is 16.9. The van der Waals surface area contributed by atoms with E-state index in [9.17, 15) is 0 Å². The molecule has 1 aromatic heterocycles. The summed E-state index contributed by atoms with van der Waals surface area (Å²) in [7, 11) is 1.62. The number of nitrogens with zero attached hydrogens (tertiary/aromatic N) is 3. The lowest BCUT2D eigenvalue weighted by atomic mass is 10.2. The van der Waals surface area contributed by atoms with E-state index in [0.29, 0.717) is 18.5 Å². The van der Waals surface area contributed by atoms with Gasteiger partial charge in [0.25, 0.3) is 0 Å². The third-order valence-corrected chi connectivity index (χ3v) is 4.16. The number of aromatic nitrogens is 1. The Hall–Kier alpha value is -1.09. The smallest absolute Gasteiger partial charge is 0.212 e. The van der Waals surface area contributed by atoms with E-state index in [1.54, 1.807) is 13.3 Å². The first kappa shape index (κ1) is 24.9. The number of nitrogens with one attached hydrogen (secondary N) is 2. The van der Waals surface area contributed by atoms with Gasteiger partial charge in [-0.25, -0.2) is 9.98 Å². The number of guanidine groups is 1. The van der Waals surface area contributed by atoms with E-state index in [0.717, 1.165) is 44.1 Å². The van der Waals surface area contributed by atoms with Crippen LogP contribution in [0.15, 0.2) is 23.3 Å². The number of methoxy groups -OCH3 is 1. The molecule has 2 N–H and O–H groups in total. The Kier molecular flexibility index (Phi) is 14.4. The Balaban J connectivity index is 0.00000625. The molecule has 0 radical (unpaired) electrons. The molecule has 0 saturated carbocycles. The van der Waals surface area contributed by atoms with E-state index < -0.39 is 0 Å². The molecule has 0 aliphatic carbocycles. The van der Waals surface area contributed by atoms with Crippen molar-refractivity contribution in [3.05, 3.63) is 23.9 Å². The molecule has 0 bridgehead atoms. The third kappa shape index (κ3) is 10.2. The van der Waals surface area contributed by atoms with Crippen LogP contribution in [0.2, 0.25) is 0 Å². The fourth-order valence-electron chi connectivity index (χ4n) is 2.58. The van der Waals surface area contributed by atoms with Crippen LogP contribution in [0.25, 0.3) is 0 Å². The second kappa shape index (κ2) is 15.0. The lowest BCUT2D eigenvalue weighted by molar-refractivity contribution is 0.292. The monoisotopic (exact) mass is 477 g/mol. The molecule has 1 heterocycles. The number of rotatable bonds is 11. The van der Waals surface area contributed by atoms with Gasteiger partial charge in [0.15, 0.2) is 5.96 Å². The summed E-state index contributed by atoms with van der Waals surface area (Å²) in [5.74, 6) is 1.48. The Morgan fingerprint density at radius 3 is 2.54 bits per heavy atom. The van der Waals surface area contributed by atoms with Gasteiger partial charge in [0.2, 0.25) is 5.88 Å². The molecule has 1 rings (SSSR count). The summed E-state index contributed by atoms with van der Waals surface area (Å²) >= 11 is 0. The largest absolute Gasteiger partial charge is 0.481 e. The molecule has 0 aliphatic rings. The molecule has 26 heavy (non-hydrogen) atoms. The van der Waals surface area contributed by atoms with Crippen molar-refractivity contribution in [3.8, 4) is 5.88 Å². The summed E-state index contributed by atoms with van der Waals surface area (Å²) in [6.07, 6.45) is 4.13. The van der Waals surface area contributed by atoms with Crippen LogP contribution in [-0.2, 0) is 6.54 Å². The first-order valence-electron chi connectivity index (χ1n) is 9.38. The summed E-state index contributed by atoms with van der Waals surface area (Å²) in [5.41, 5.74) is 1.06. The van der Waals surface area contributed by atoms with E-state index in [2.05, 4.69) is 53.2 Å². The maximum absolute atomic E-state index is 5.08. The van der Waals surface area contributed by atoms with Gasteiger partial charge in [-0.3, -0.25) is 0 Å². The van der Waals surface area contributed by atoms with Gasteiger partial charge in [-0.2, -0.15) is 0 Å². The zero-order chi connectivity index (χ0) is 18.5. The van der Waals surface area contributed by atoms with Crippen molar-refractivity contribution in [2.24, 2.45) is 4.99 Å². The molecule has 0 fully saturated rings. The van der Waals surface area contributed by atoms with Gasteiger partial charge in [-0.05, 0) is 51.9 Å². The summed E-state index contributed by atoms with van der Waals surface area (Å²) in [6, 6.07) is 4.25. The highest BCUT2D eigenvalue weighted by molar-refractivity contribution is 14.0. The fraction of sp³-hybridized carbons (Fsp3) is 0.684. The van der Waals surface area contributed by atoms with Crippen LogP contribution in [0.5, 0.6) is 5.88 Å². The molecule has 1 atom stereocenters. The fourth-order valence-corrected chi connectivity index (χ4v) is 2.58. The Morgan fingerprint density at radius 2 is 2.00 bits per heavy atom. The van der Waals surface area contributed by atoms with Gasteiger partial charge >= 0.3 is 0 Å². The maximum Gasteiger partial charge on any atom is 0.212 e. The molecule has 7 heteroatoms. The van der Waals surface area contributed by atoms with Gasteiger partial charge in [0.1, 0.15) is 0 Å². The molecular formula is C19H36IN5O. The minimum absolute atomic E-state index is 0.